The molecule has 0 unspecified atom stereocenters. The first-order chi connectivity index (χ1) is 13.9. The Kier molecular flexibility index (Phi) is 26.0. The maximum atomic E-state index is 10.3. The molecule has 0 aliphatic heterocycles. The molecule has 12 nitrogen and oxygen atoms in total. The van der Waals surface area contributed by atoms with Crippen molar-refractivity contribution in [3.8, 4) is 0 Å². The number of hydrogen-bond acceptors (Lipinski definition) is 8. The minimum absolute atomic E-state index is 0.0475. The van der Waals surface area contributed by atoms with Crippen LogP contribution < -0.4 is 11.5 Å². The van der Waals surface area contributed by atoms with Crippen LogP contribution in [0.5, 0.6) is 0 Å². The van der Waals surface area contributed by atoms with Gasteiger partial charge in [0.1, 0.15) is 11.6 Å². The molecule has 0 aliphatic carbocycles. The predicted molar refractivity (Wildman–Crippen MR) is 113 cm³/mol. The molecule has 0 aromatic rings. The molecule has 0 aromatic heterocycles. The molecule has 0 spiro atoms. The molecule has 0 heterocycles. The Bertz CT molecular complexity index is 567. The van der Waals surface area contributed by atoms with Gasteiger partial charge in [0.2, 0.25) is 4.84 Å². The number of rotatable bonds is 9. The second kappa shape index (κ2) is 21.8. The molecular weight excluding hydrogens is 533 g/mol. The zero-order chi connectivity index (χ0) is 25.8. The van der Waals surface area contributed by atoms with Gasteiger partial charge in [-0.25, -0.2) is 9.59 Å². The van der Waals surface area contributed by atoms with Gasteiger partial charge in [-0.05, 0) is 0 Å². The number of carbonyl (C=O) groups excluding carboxylic acids is 2. The fourth-order valence-electron chi connectivity index (χ4n) is 0.697. The van der Waals surface area contributed by atoms with Gasteiger partial charge in [-0.1, -0.05) is 58.0 Å². The second-order valence-electron chi connectivity index (χ2n) is 4.71. The standard InChI is InChI=1S/2C5H9NO3.C2HCl3O2.C2H2Cl2O2/c2*6-3-4(7)1-2-5(8)9;3-2(4,5)1(6)7;3-1(4)2(5)6/h2*1-3,6H2,(H,8,9);(H,6,7);1H,(H,5,6). The zero-order valence-electron chi connectivity index (χ0n) is 15.6. The third kappa shape index (κ3) is 39.6. The summed E-state index contributed by atoms with van der Waals surface area (Å²) in [4.78, 5) is 58.1. The molecular formula is C14H21Cl5N2O10. The summed E-state index contributed by atoms with van der Waals surface area (Å²) < 4.78 is -2.17. The molecule has 0 radical (unpaired) electrons. The van der Waals surface area contributed by atoms with Crippen LogP contribution in [0.25, 0.3) is 0 Å². The maximum absolute atomic E-state index is 10.3. The summed E-state index contributed by atoms with van der Waals surface area (Å²) in [7, 11) is 0. The molecule has 31 heavy (non-hydrogen) atoms. The molecule has 17 heteroatoms. The van der Waals surface area contributed by atoms with Crippen molar-refractivity contribution in [2.24, 2.45) is 11.5 Å². The number of carboxylic acids is 4. The first-order valence-electron chi connectivity index (χ1n) is 7.60. The first kappa shape index (κ1) is 36.9. The van der Waals surface area contributed by atoms with Crippen LogP contribution in [0.1, 0.15) is 25.7 Å². The number of alkyl halides is 5. The van der Waals surface area contributed by atoms with Gasteiger partial charge in [-0.15, -0.1) is 0 Å². The van der Waals surface area contributed by atoms with E-state index in [0.29, 0.717) is 0 Å². The third-order valence-corrected chi connectivity index (χ3v) is 2.98. The molecule has 0 bridgehead atoms. The second-order valence-corrected chi connectivity index (χ2v) is 8.09. The van der Waals surface area contributed by atoms with Gasteiger partial charge in [0.25, 0.3) is 3.79 Å². The molecule has 0 rings (SSSR count). The molecule has 0 aromatic carbocycles. The van der Waals surface area contributed by atoms with Crippen LogP contribution in [0, 0.1) is 0 Å². The predicted octanol–water partition coefficient (Wildman–Crippen LogP) is 1.07. The number of carboxylic acid groups (broad SMARTS) is 4. The average molecular weight is 555 g/mol. The highest BCUT2D eigenvalue weighted by atomic mass is 35.6. The summed E-state index contributed by atoms with van der Waals surface area (Å²) >= 11 is 24.0. The van der Waals surface area contributed by atoms with E-state index in [1.54, 1.807) is 0 Å². The maximum Gasteiger partial charge on any atom is 0.356 e. The van der Waals surface area contributed by atoms with Crippen LogP contribution >= 0.6 is 58.0 Å². The van der Waals surface area contributed by atoms with Crippen molar-refractivity contribution in [1.29, 1.82) is 0 Å². The molecule has 0 saturated heterocycles. The minimum atomic E-state index is -2.17. The highest BCUT2D eigenvalue weighted by molar-refractivity contribution is 6.75. The number of aliphatic carboxylic acids is 4. The van der Waals surface area contributed by atoms with E-state index in [-0.39, 0.29) is 50.3 Å². The van der Waals surface area contributed by atoms with Gasteiger partial charge in [-0.3, -0.25) is 19.2 Å². The number of Topliss-reactive ketones (excluding diaryl/α,β-unsaturated/α-hetero) is 2. The molecule has 8 N–H and O–H groups in total. The fraction of sp³-hybridized carbons (Fsp3) is 0.571. The van der Waals surface area contributed by atoms with Gasteiger partial charge >= 0.3 is 23.9 Å². The van der Waals surface area contributed by atoms with Crippen LogP contribution in [0.3, 0.4) is 0 Å². The van der Waals surface area contributed by atoms with E-state index in [1.165, 1.54) is 0 Å². The van der Waals surface area contributed by atoms with Gasteiger partial charge in [0, 0.05) is 12.8 Å². The molecule has 182 valence electrons. The molecule has 0 fully saturated rings. The zero-order valence-corrected chi connectivity index (χ0v) is 19.4. The van der Waals surface area contributed by atoms with Crippen LogP contribution in [0.4, 0.5) is 0 Å². The summed E-state index contributed by atoms with van der Waals surface area (Å²) in [5.74, 6) is -5.01. The van der Waals surface area contributed by atoms with Crippen LogP contribution in [0.2, 0.25) is 0 Å². The highest BCUT2D eigenvalue weighted by Crippen LogP contribution is 2.25. The average Bonchev–Trinajstić information content (AvgIpc) is 2.64. The monoisotopic (exact) mass is 552 g/mol. The van der Waals surface area contributed by atoms with E-state index < -0.39 is 32.5 Å². The van der Waals surface area contributed by atoms with Gasteiger partial charge in [-0.2, -0.15) is 0 Å². The van der Waals surface area contributed by atoms with E-state index in [9.17, 15) is 28.8 Å². The SMILES string of the molecule is NCC(=O)CCC(=O)O.NCC(=O)CCC(=O)O.O=C(O)C(Cl)(Cl)Cl.O=C(O)C(Cl)Cl. The fourth-order valence-corrected chi connectivity index (χ4v) is 0.697. The molecule has 0 aliphatic rings. The summed E-state index contributed by atoms with van der Waals surface area (Å²) in [5, 5.41) is 31.7. The lowest BCUT2D eigenvalue weighted by Crippen LogP contribution is -2.16. The van der Waals surface area contributed by atoms with Gasteiger partial charge in [0.15, 0.2) is 0 Å². The van der Waals surface area contributed by atoms with E-state index in [0.717, 1.165) is 0 Å². The van der Waals surface area contributed by atoms with Crippen molar-refractivity contribution in [2.75, 3.05) is 13.1 Å². The molecule has 0 atom stereocenters. The van der Waals surface area contributed by atoms with Crippen molar-refractivity contribution in [1.82, 2.24) is 0 Å². The minimum Gasteiger partial charge on any atom is -0.481 e. The number of halogens is 5. The van der Waals surface area contributed by atoms with Gasteiger partial charge in [0.05, 0.1) is 25.9 Å². The Morgan fingerprint density at radius 1 is 0.677 bits per heavy atom. The Labute approximate surface area is 201 Å². The van der Waals surface area contributed by atoms with Gasteiger partial charge < -0.3 is 31.9 Å². The number of ketones is 2. The Hall–Kier alpha value is -1.41. The third-order valence-electron chi connectivity index (χ3n) is 2.12. The quantitative estimate of drug-likeness (QED) is 0.220. The lowest BCUT2D eigenvalue weighted by molar-refractivity contribution is -0.139. The molecule has 0 saturated carbocycles. The number of hydrogen-bond donors (Lipinski definition) is 6. The largest absolute Gasteiger partial charge is 0.481 e. The smallest absolute Gasteiger partial charge is 0.356 e. The van der Waals surface area contributed by atoms with E-state index >= 15 is 0 Å². The normalized spacial score (nSPS) is 9.55. The lowest BCUT2D eigenvalue weighted by Gasteiger charge is -1.99. The van der Waals surface area contributed by atoms with Crippen LogP contribution in [0.15, 0.2) is 0 Å². The lowest BCUT2D eigenvalue weighted by atomic mass is 10.2. The van der Waals surface area contributed by atoms with Crippen LogP contribution in [-0.4, -0.2) is 77.6 Å². The van der Waals surface area contributed by atoms with Crippen molar-refractivity contribution < 1.29 is 49.2 Å². The van der Waals surface area contributed by atoms with Crippen molar-refractivity contribution in [3.05, 3.63) is 0 Å². The van der Waals surface area contributed by atoms with Crippen molar-refractivity contribution >= 4 is 93.4 Å². The summed E-state index contributed by atoms with van der Waals surface area (Å²) in [5.41, 5.74) is 9.83. The Balaban J connectivity index is -0.000000159. The van der Waals surface area contributed by atoms with Crippen molar-refractivity contribution in [2.45, 2.75) is 34.3 Å². The highest BCUT2D eigenvalue weighted by Gasteiger charge is 2.29. The number of nitrogens with two attached hydrogens (primary N) is 2. The van der Waals surface area contributed by atoms with E-state index in [2.05, 4.69) is 0 Å². The van der Waals surface area contributed by atoms with E-state index in [4.69, 9.17) is 89.9 Å². The van der Waals surface area contributed by atoms with Crippen LogP contribution in [-0.2, 0) is 28.8 Å². The Morgan fingerprint density at radius 3 is 1.00 bits per heavy atom. The molecule has 0 amide bonds. The topological polar surface area (TPSA) is 235 Å². The summed E-state index contributed by atoms with van der Waals surface area (Å²) in [6.07, 6.45) is -0.135. The first-order valence-corrected chi connectivity index (χ1v) is 9.61. The number of carbonyl (C=O) groups is 6. The van der Waals surface area contributed by atoms with Crippen molar-refractivity contribution in [3.63, 3.8) is 0 Å². The summed E-state index contributed by atoms with van der Waals surface area (Å²) in [6, 6.07) is 0. The van der Waals surface area contributed by atoms with E-state index in [1.807, 2.05) is 0 Å². The Morgan fingerprint density at radius 2 is 0.903 bits per heavy atom. The summed E-state index contributed by atoms with van der Waals surface area (Å²) in [6.45, 7) is -0.124.